The maximum atomic E-state index is 4.53. The lowest BCUT2D eigenvalue weighted by atomic mass is 10.2. The molecule has 0 aliphatic heterocycles. The van der Waals surface area contributed by atoms with Crippen molar-refractivity contribution in [3.8, 4) is 0 Å². The molecule has 4 heteroatoms. The minimum Gasteiger partial charge on any atom is -0.370 e. The number of nitrogens with zero attached hydrogens (tertiary/aromatic N) is 1. The van der Waals surface area contributed by atoms with Crippen molar-refractivity contribution in [2.24, 2.45) is 0 Å². The van der Waals surface area contributed by atoms with Crippen LogP contribution in [0.4, 0.5) is 11.6 Å². The van der Waals surface area contributed by atoms with E-state index < -0.39 is 0 Å². The SMILES string of the molecule is CCNc1cccc(NC(C)Cc2ccc(C)s2)n1. The van der Waals surface area contributed by atoms with Crippen LogP contribution in [0, 0.1) is 6.92 Å². The maximum Gasteiger partial charge on any atom is 0.128 e. The molecule has 2 aromatic rings. The predicted molar refractivity (Wildman–Crippen MR) is 84.2 cm³/mol. The molecular formula is C15H21N3S. The van der Waals surface area contributed by atoms with Crippen LogP contribution in [0.5, 0.6) is 0 Å². The molecule has 1 atom stereocenters. The van der Waals surface area contributed by atoms with Crippen molar-refractivity contribution >= 4 is 23.0 Å². The lowest BCUT2D eigenvalue weighted by molar-refractivity contribution is 0.794. The van der Waals surface area contributed by atoms with Crippen LogP contribution in [-0.2, 0) is 6.42 Å². The molecule has 0 saturated carbocycles. The van der Waals surface area contributed by atoms with Crippen LogP contribution < -0.4 is 10.6 Å². The Labute approximate surface area is 119 Å². The zero-order chi connectivity index (χ0) is 13.7. The second kappa shape index (κ2) is 6.57. The fourth-order valence-corrected chi connectivity index (χ4v) is 3.01. The topological polar surface area (TPSA) is 37.0 Å². The molecule has 0 fully saturated rings. The van der Waals surface area contributed by atoms with Crippen molar-refractivity contribution in [2.45, 2.75) is 33.2 Å². The number of aryl methyl sites for hydroxylation is 1. The molecule has 2 aromatic heterocycles. The van der Waals surface area contributed by atoms with E-state index in [2.05, 4.69) is 48.5 Å². The van der Waals surface area contributed by atoms with Gasteiger partial charge in [-0.1, -0.05) is 6.07 Å². The summed E-state index contributed by atoms with van der Waals surface area (Å²) in [6.45, 7) is 7.30. The largest absolute Gasteiger partial charge is 0.370 e. The third-order valence-corrected chi connectivity index (χ3v) is 3.83. The van der Waals surface area contributed by atoms with Crippen LogP contribution in [0.2, 0.25) is 0 Å². The normalized spacial score (nSPS) is 12.2. The monoisotopic (exact) mass is 275 g/mol. The average molecular weight is 275 g/mol. The molecular weight excluding hydrogens is 254 g/mol. The van der Waals surface area contributed by atoms with Crippen LogP contribution >= 0.6 is 11.3 Å². The molecule has 19 heavy (non-hydrogen) atoms. The van der Waals surface area contributed by atoms with Gasteiger partial charge in [0.05, 0.1) is 0 Å². The first-order chi connectivity index (χ1) is 9.17. The molecule has 2 rings (SSSR count). The molecule has 102 valence electrons. The highest BCUT2D eigenvalue weighted by molar-refractivity contribution is 7.11. The van der Waals surface area contributed by atoms with Gasteiger partial charge in [-0.05, 0) is 45.0 Å². The Kier molecular flexibility index (Phi) is 4.80. The molecule has 2 heterocycles. The summed E-state index contributed by atoms with van der Waals surface area (Å²) < 4.78 is 0. The number of anilines is 2. The molecule has 0 amide bonds. The van der Waals surface area contributed by atoms with Crippen molar-refractivity contribution in [3.05, 3.63) is 40.1 Å². The molecule has 0 bridgehead atoms. The van der Waals surface area contributed by atoms with Crippen molar-refractivity contribution < 1.29 is 0 Å². The lowest BCUT2D eigenvalue weighted by Crippen LogP contribution is -2.18. The van der Waals surface area contributed by atoms with Gasteiger partial charge in [0.1, 0.15) is 11.6 Å². The van der Waals surface area contributed by atoms with E-state index >= 15 is 0 Å². The van der Waals surface area contributed by atoms with Crippen LogP contribution in [0.1, 0.15) is 23.6 Å². The van der Waals surface area contributed by atoms with E-state index in [0.717, 1.165) is 24.6 Å². The smallest absolute Gasteiger partial charge is 0.128 e. The summed E-state index contributed by atoms with van der Waals surface area (Å²) in [6, 6.07) is 10.8. The number of rotatable bonds is 6. The van der Waals surface area contributed by atoms with Gasteiger partial charge in [0.2, 0.25) is 0 Å². The average Bonchev–Trinajstić information content (AvgIpc) is 2.75. The Morgan fingerprint density at radius 2 is 2.00 bits per heavy atom. The first-order valence-electron chi connectivity index (χ1n) is 6.70. The van der Waals surface area contributed by atoms with E-state index in [0.29, 0.717) is 6.04 Å². The molecule has 2 N–H and O–H groups in total. The Balaban J connectivity index is 1.94. The number of aromatic nitrogens is 1. The number of nitrogens with one attached hydrogen (secondary N) is 2. The molecule has 0 aliphatic carbocycles. The molecule has 0 aromatic carbocycles. The van der Waals surface area contributed by atoms with Gasteiger partial charge in [-0.15, -0.1) is 11.3 Å². The molecule has 0 spiro atoms. The minimum atomic E-state index is 0.377. The highest BCUT2D eigenvalue weighted by Gasteiger charge is 2.06. The summed E-state index contributed by atoms with van der Waals surface area (Å²) in [6.07, 6.45) is 1.03. The van der Waals surface area contributed by atoms with Crippen LogP contribution in [-0.4, -0.2) is 17.6 Å². The zero-order valence-electron chi connectivity index (χ0n) is 11.7. The van der Waals surface area contributed by atoms with E-state index in [9.17, 15) is 0 Å². The van der Waals surface area contributed by atoms with Gasteiger partial charge < -0.3 is 10.6 Å². The Morgan fingerprint density at radius 1 is 1.21 bits per heavy atom. The van der Waals surface area contributed by atoms with E-state index in [-0.39, 0.29) is 0 Å². The van der Waals surface area contributed by atoms with Crippen molar-refractivity contribution in [2.75, 3.05) is 17.2 Å². The summed E-state index contributed by atoms with van der Waals surface area (Å²) in [4.78, 5) is 7.32. The Hall–Kier alpha value is -1.55. The molecule has 3 nitrogen and oxygen atoms in total. The van der Waals surface area contributed by atoms with Crippen molar-refractivity contribution in [1.82, 2.24) is 4.98 Å². The molecule has 1 unspecified atom stereocenters. The quantitative estimate of drug-likeness (QED) is 0.839. The van der Waals surface area contributed by atoms with Gasteiger partial charge in [-0.2, -0.15) is 0 Å². The summed E-state index contributed by atoms with van der Waals surface area (Å²) in [7, 11) is 0. The zero-order valence-corrected chi connectivity index (χ0v) is 12.6. The number of pyridine rings is 1. The van der Waals surface area contributed by atoms with Gasteiger partial charge in [-0.3, -0.25) is 0 Å². The van der Waals surface area contributed by atoms with E-state index in [4.69, 9.17) is 0 Å². The third kappa shape index (κ3) is 4.24. The van der Waals surface area contributed by atoms with Gasteiger partial charge in [0.15, 0.2) is 0 Å². The summed E-state index contributed by atoms with van der Waals surface area (Å²) in [5, 5.41) is 6.68. The second-order valence-corrected chi connectivity index (χ2v) is 6.07. The van der Waals surface area contributed by atoms with Crippen LogP contribution in [0.25, 0.3) is 0 Å². The van der Waals surface area contributed by atoms with Crippen molar-refractivity contribution in [3.63, 3.8) is 0 Å². The fraction of sp³-hybridized carbons (Fsp3) is 0.400. The lowest BCUT2D eigenvalue weighted by Gasteiger charge is -2.14. The Bertz CT molecular complexity index is 522. The summed E-state index contributed by atoms with van der Waals surface area (Å²) >= 11 is 1.87. The standard InChI is InChI=1S/C15H21N3S/c1-4-16-14-6-5-7-15(18-14)17-11(2)10-13-9-8-12(3)19-13/h5-9,11H,4,10H2,1-3H3,(H2,16,17,18). The van der Waals surface area contributed by atoms with Gasteiger partial charge in [0, 0.05) is 28.8 Å². The molecule has 0 radical (unpaired) electrons. The van der Waals surface area contributed by atoms with Gasteiger partial charge >= 0.3 is 0 Å². The minimum absolute atomic E-state index is 0.377. The van der Waals surface area contributed by atoms with Crippen LogP contribution in [0.15, 0.2) is 30.3 Å². The van der Waals surface area contributed by atoms with Gasteiger partial charge in [-0.25, -0.2) is 4.98 Å². The number of thiophene rings is 1. The van der Waals surface area contributed by atoms with Gasteiger partial charge in [0.25, 0.3) is 0 Å². The molecule has 0 aliphatic rings. The van der Waals surface area contributed by atoms with E-state index in [1.54, 1.807) is 0 Å². The summed E-state index contributed by atoms with van der Waals surface area (Å²) in [5.74, 6) is 1.85. The maximum absolute atomic E-state index is 4.53. The Morgan fingerprint density at radius 3 is 2.68 bits per heavy atom. The first-order valence-corrected chi connectivity index (χ1v) is 7.52. The molecule has 0 saturated heterocycles. The highest BCUT2D eigenvalue weighted by Crippen LogP contribution is 2.18. The number of hydrogen-bond donors (Lipinski definition) is 2. The van der Waals surface area contributed by atoms with Crippen LogP contribution in [0.3, 0.4) is 0 Å². The fourth-order valence-electron chi connectivity index (χ4n) is 1.99. The first kappa shape index (κ1) is 13.9. The van der Waals surface area contributed by atoms with E-state index in [1.165, 1.54) is 9.75 Å². The third-order valence-electron chi connectivity index (χ3n) is 2.80. The summed E-state index contributed by atoms with van der Waals surface area (Å²) in [5.41, 5.74) is 0. The second-order valence-electron chi connectivity index (χ2n) is 4.70. The van der Waals surface area contributed by atoms with E-state index in [1.807, 2.05) is 29.5 Å². The van der Waals surface area contributed by atoms with Crippen molar-refractivity contribution in [1.29, 1.82) is 0 Å². The highest BCUT2D eigenvalue weighted by atomic mass is 32.1. The number of hydrogen-bond acceptors (Lipinski definition) is 4. The predicted octanol–water partition coefficient (Wildman–Crippen LogP) is 3.93.